The Morgan fingerprint density at radius 2 is 2.11 bits per heavy atom. The van der Waals surface area contributed by atoms with Crippen LogP contribution in [0.2, 0.25) is 0 Å². The van der Waals surface area contributed by atoms with E-state index in [1.165, 1.54) is 29.2 Å². The van der Waals surface area contributed by atoms with E-state index in [4.69, 9.17) is 9.98 Å². The molecule has 1 saturated heterocycles. The molecule has 0 aliphatic carbocycles. The van der Waals surface area contributed by atoms with Crippen molar-refractivity contribution in [3.8, 4) is 0 Å². The smallest absolute Gasteiger partial charge is 0.191 e. The van der Waals surface area contributed by atoms with Gasteiger partial charge in [0.1, 0.15) is 0 Å². The lowest BCUT2D eigenvalue weighted by Gasteiger charge is -2.13. The first kappa shape index (κ1) is 22.4. The van der Waals surface area contributed by atoms with Crippen LogP contribution in [-0.4, -0.2) is 43.7 Å². The molecule has 0 spiro atoms. The van der Waals surface area contributed by atoms with Crippen molar-refractivity contribution >= 4 is 57.7 Å². The van der Waals surface area contributed by atoms with Crippen molar-refractivity contribution < 1.29 is 0 Å². The number of nitrogens with zero attached hydrogens (tertiary/aromatic N) is 3. The third-order valence-corrected chi connectivity index (χ3v) is 6.22. The fraction of sp³-hybridized carbons (Fsp3) is 0.579. The zero-order chi connectivity index (χ0) is 18.2. The maximum Gasteiger partial charge on any atom is 0.191 e. The lowest BCUT2D eigenvalue weighted by molar-refractivity contribution is 0.745. The van der Waals surface area contributed by atoms with Crippen molar-refractivity contribution in [2.24, 2.45) is 4.99 Å². The van der Waals surface area contributed by atoms with Crippen LogP contribution in [0, 0.1) is 0 Å². The Hall–Kier alpha value is -0.870. The van der Waals surface area contributed by atoms with Gasteiger partial charge in [-0.15, -0.1) is 35.3 Å². The number of thiazole rings is 1. The third-order valence-electron chi connectivity index (χ3n) is 4.57. The van der Waals surface area contributed by atoms with E-state index >= 15 is 0 Å². The van der Waals surface area contributed by atoms with E-state index in [1.807, 2.05) is 0 Å². The summed E-state index contributed by atoms with van der Waals surface area (Å²) < 4.78 is 0. The minimum Gasteiger partial charge on any atom is -0.357 e. The molecule has 150 valence electrons. The largest absolute Gasteiger partial charge is 0.357 e. The van der Waals surface area contributed by atoms with Gasteiger partial charge in [-0.2, -0.15) is 11.3 Å². The summed E-state index contributed by atoms with van der Waals surface area (Å²) >= 11 is 3.52. The van der Waals surface area contributed by atoms with Gasteiger partial charge in [0, 0.05) is 50.4 Å². The third kappa shape index (κ3) is 6.90. The first-order valence-electron chi connectivity index (χ1n) is 9.50. The Bertz CT molecular complexity index is 680. The molecule has 2 aromatic rings. The van der Waals surface area contributed by atoms with Gasteiger partial charge in [-0.3, -0.25) is 4.99 Å². The van der Waals surface area contributed by atoms with Crippen LogP contribution in [0.5, 0.6) is 0 Å². The second-order valence-corrected chi connectivity index (χ2v) is 8.29. The van der Waals surface area contributed by atoms with Crippen LogP contribution >= 0.6 is 46.7 Å². The summed E-state index contributed by atoms with van der Waals surface area (Å²) in [5, 5.41) is 14.5. The van der Waals surface area contributed by atoms with E-state index in [0.717, 1.165) is 45.1 Å². The average molecular weight is 520 g/mol. The van der Waals surface area contributed by atoms with E-state index in [1.54, 1.807) is 22.7 Å². The molecule has 1 aliphatic rings. The van der Waals surface area contributed by atoms with E-state index < -0.39 is 0 Å². The van der Waals surface area contributed by atoms with Crippen molar-refractivity contribution in [3.05, 3.63) is 33.5 Å². The molecule has 0 amide bonds. The number of hydrogen-bond donors (Lipinski definition) is 2. The van der Waals surface area contributed by atoms with Crippen LogP contribution < -0.4 is 15.5 Å². The molecule has 1 fully saturated rings. The maximum atomic E-state index is 4.79. The summed E-state index contributed by atoms with van der Waals surface area (Å²) in [5.41, 5.74) is 2.54. The Morgan fingerprint density at radius 3 is 2.81 bits per heavy atom. The topological polar surface area (TPSA) is 52.6 Å². The molecule has 3 heterocycles. The molecule has 0 saturated carbocycles. The molecule has 0 radical (unpaired) electrons. The number of halogens is 1. The van der Waals surface area contributed by atoms with Crippen molar-refractivity contribution in [2.45, 2.75) is 39.0 Å². The number of hydrogen-bond acceptors (Lipinski definition) is 5. The predicted octanol–water partition coefficient (Wildman–Crippen LogP) is 4.32. The van der Waals surface area contributed by atoms with Gasteiger partial charge in [0.25, 0.3) is 0 Å². The number of rotatable bonds is 8. The summed E-state index contributed by atoms with van der Waals surface area (Å²) in [6.07, 6.45) is 3.51. The number of thiophene rings is 1. The van der Waals surface area contributed by atoms with E-state index in [-0.39, 0.29) is 24.0 Å². The summed E-state index contributed by atoms with van der Waals surface area (Å²) in [7, 11) is 0. The molecule has 27 heavy (non-hydrogen) atoms. The van der Waals surface area contributed by atoms with Crippen LogP contribution in [0.4, 0.5) is 5.13 Å². The first-order chi connectivity index (χ1) is 12.8. The molecule has 1 atom stereocenters. The van der Waals surface area contributed by atoms with Crippen LogP contribution in [-0.2, 0) is 6.42 Å². The van der Waals surface area contributed by atoms with Crippen LogP contribution in [0.25, 0.3) is 0 Å². The zero-order valence-electron chi connectivity index (χ0n) is 16.1. The van der Waals surface area contributed by atoms with E-state index in [0.29, 0.717) is 5.92 Å². The minimum atomic E-state index is 0. The van der Waals surface area contributed by atoms with Crippen LogP contribution in [0.1, 0.15) is 43.9 Å². The highest BCUT2D eigenvalue weighted by Crippen LogP contribution is 2.24. The molecule has 8 heteroatoms. The lowest BCUT2D eigenvalue weighted by Crippen LogP contribution is -2.38. The summed E-state index contributed by atoms with van der Waals surface area (Å²) in [4.78, 5) is 11.9. The highest BCUT2D eigenvalue weighted by atomic mass is 127. The van der Waals surface area contributed by atoms with Crippen molar-refractivity contribution in [1.29, 1.82) is 0 Å². The van der Waals surface area contributed by atoms with Crippen molar-refractivity contribution in [3.63, 3.8) is 0 Å². The second kappa shape index (κ2) is 11.9. The fourth-order valence-corrected chi connectivity index (χ4v) is 4.70. The Balaban J connectivity index is 0.00000261. The number of anilines is 1. The number of aromatic nitrogens is 1. The second-order valence-electron chi connectivity index (χ2n) is 6.67. The van der Waals surface area contributed by atoms with Crippen molar-refractivity contribution in [2.75, 3.05) is 37.6 Å². The lowest BCUT2D eigenvalue weighted by atomic mass is 10.1. The van der Waals surface area contributed by atoms with E-state index in [9.17, 15) is 0 Å². The fourth-order valence-electron chi connectivity index (χ4n) is 3.00. The summed E-state index contributed by atoms with van der Waals surface area (Å²) in [6.45, 7) is 9.15. The molecule has 2 N–H and O–H groups in total. The quantitative estimate of drug-likeness (QED) is 0.310. The van der Waals surface area contributed by atoms with Gasteiger partial charge in [-0.05, 0) is 42.2 Å². The normalized spacial score (nSPS) is 15.5. The molecule has 0 aromatic carbocycles. The molecule has 2 aromatic heterocycles. The molecule has 0 bridgehead atoms. The highest BCUT2D eigenvalue weighted by Gasteiger charge is 2.15. The standard InChI is InChI=1S/C19H29N5S2.HI/c1-3-20-18(22-12-15(2)16-7-11-25-13-16)21-8-6-17-14-26-19(23-17)24-9-4-5-10-24;/h7,11,13-15H,3-6,8-10,12H2,1-2H3,(H2,20,21,22);1H. The van der Waals surface area contributed by atoms with Gasteiger partial charge in [-0.25, -0.2) is 4.98 Å². The Labute approximate surface area is 187 Å². The number of aliphatic imine (C=N–C) groups is 1. The van der Waals surface area contributed by atoms with Gasteiger partial charge < -0.3 is 15.5 Å². The molecule has 5 nitrogen and oxygen atoms in total. The molecular formula is C19H30IN5S2. The first-order valence-corrected chi connectivity index (χ1v) is 11.3. The summed E-state index contributed by atoms with van der Waals surface area (Å²) in [6, 6.07) is 2.19. The number of nitrogens with one attached hydrogen (secondary N) is 2. The van der Waals surface area contributed by atoms with Gasteiger partial charge in [-0.1, -0.05) is 6.92 Å². The number of guanidine groups is 1. The average Bonchev–Trinajstić information content (AvgIpc) is 3.41. The molecular weight excluding hydrogens is 489 g/mol. The molecule has 1 unspecified atom stereocenters. The van der Waals surface area contributed by atoms with Crippen molar-refractivity contribution in [1.82, 2.24) is 15.6 Å². The SMILES string of the molecule is CCNC(=NCC(C)c1ccsc1)NCCc1csc(N2CCCC2)n1.I. The summed E-state index contributed by atoms with van der Waals surface area (Å²) in [5.74, 6) is 1.34. The van der Waals surface area contributed by atoms with Gasteiger partial charge in [0.2, 0.25) is 0 Å². The monoisotopic (exact) mass is 519 g/mol. The zero-order valence-corrected chi connectivity index (χ0v) is 20.1. The Morgan fingerprint density at radius 1 is 1.30 bits per heavy atom. The van der Waals surface area contributed by atoms with Gasteiger partial charge >= 0.3 is 0 Å². The van der Waals surface area contributed by atoms with Crippen LogP contribution in [0.3, 0.4) is 0 Å². The van der Waals surface area contributed by atoms with Crippen LogP contribution in [0.15, 0.2) is 27.2 Å². The van der Waals surface area contributed by atoms with E-state index in [2.05, 4.69) is 51.6 Å². The van der Waals surface area contributed by atoms with Gasteiger partial charge in [0.05, 0.1) is 5.69 Å². The Kier molecular flexibility index (Phi) is 9.84. The minimum absolute atomic E-state index is 0. The highest BCUT2D eigenvalue weighted by molar-refractivity contribution is 14.0. The predicted molar refractivity (Wildman–Crippen MR) is 129 cm³/mol. The molecule has 3 rings (SSSR count). The molecule has 1 aliphatic heterocycles. The van der Waals surface area contributed by atoms with Gasteiger partial charge in [0.15, 0.2) is 11.1 Å². The maximum absolute atomic E-state index is 4.79.